The van der Waals surface area contributed by atoms with E-state index in [0.29, 0.717) is 17.9 Å². The van der Waals surface area contributed by atoms with Crippen LogP contribution in [0.3, 0.4) is 0 Å². The largest absolute Gasteiger partial charge is 0.419 e. The Bertz CT molecular complexity index is 398. The number of alkyl halides is 3. The fraction of sp³-hybridized carbons (Fsp3) is 0.538. The van der Waals surface area contributed by atoms with E-state index in [1.165, 1.54) is 6.07 Å². The van der Waals surface area contributed by atoms with Crippen LogP contribution < -0.4 is 5.73 Å². The molecular formula is C13H17F4N. The minimum Gasteiger partial charge on any atom is -0.324 e. The maximum Gasteiger partial charge on any atom is 0.419 e. The van der Waals surface area contributed by atoms with Gasteiger partial charge < -0.3 is 5.73 Å². The second-order valence-electron chi connectivity index (χ2n) is 4.81. The minimum atomic E-state index is -4.66. The first-order valence-electron chi connectivity index (χ1n) is 5.84. The van der Waals surface area contributed by atoms with Gasteiger partial charge in [0.25, 0.3) is 0 Å². The maximum atomic E-state index is 13.3. The van der Waals surface area contributed by atoms with Crippen molar-refractivity contribution in [2.45, 2.75) is 38.9 Å². The van der Waals surface area contributed by atoms with E-state index >= 15 is 0 Å². The summed E-state index contributed by atoms with van der Waals surface area (Å²) in [6, 6.07) is 2.45. The first-order chi connectivity index (χ1) is 8.21. The second-order valence-corrected chi connectivity index (χ2v) is 4.81. The SMILES string of the molecule is CC(C)CCC(N)c1ccc(C(F)(F)F)c(F)c1. The van der Waals surface area contributed by atoms with Crippen molar-refractivity contribution in [2.24, 2.45) is 11.7 Å². The van der Waals surface area contributed by atoms with Crippen molar-refractivity contribution in [3.63, 3.8) is 0 Å². The molecule has 18 heavy (non-hydrogen) atoms. The molecular weight excluding hydrogens is 246 g/mol. The van der Waals surface area contributed by atoms with Gasteiger partial charge in [-0.05, 0) is 36.5 Å². The summed E-state index contributed by atoms with van der Waals surface area (Å²) in [5.74, 6) is -0.810. The second kappa shape index (κ2) is 5.69. The van der Waals surface area contributed by atoms with Gasteiger partial charge in [-0.1, -0.05) is 19.9 Å². The van der Waals surface area contributed by atoms with E-state index in [2.05, 4.69) is 0 Å². The molecule has 0 saturated heterocycles. The van der Waals surface area contributed by atoms with Gasteiger partial charge in [-0.3, -0.25) is 0 Å². The number of rotatable bonds is 4. The zero-order valence-corrected chi connectivity index (χ0v) is 10.4. The van der Waals surface area contributed by atoms with Crippen molar-refractivity contribution in [3.05, 3.63) is 35.1 Å². The summed E-state index contributed by atoms with van der Waals surface area (Å²) >= 11 is 0. The summed E-state index contributed by atoms with van der Waals surface area (Å²) in [5, 5.41) is 0. The third-order valence-corrected chi connectivity index (χ3v) is 2.78. The van der Waals surface area contributed by atoms with E-state index in [1.54, 1.807) is 0 Å². The molecule has 0 radical (unpaired) electrons. The molecule has 0 aliphatic rings. The van der Waals surface area contributed by atoms with Gasteiger partial charge in [0.15, 0.2) is 0 Å². The van der Waals surface area contributed by atoms with Crippen molar-refractivity contribution in [1.29, 1.82) is 0 Å². The lowest BCUT2D eigenvalue weighted by Crippen LogP contribution is -2.14. The Kier molecular flexibility index (Phi) is 4.73. The molecule has 0 spiro atoms. The van der Waals surface area contributed by atoms with Gasteiger partial charge in [0.1, 0.15) is 5.82 Å². The third kappa shape index (κ3) is 3.98. The molecule has 5 heteroatoms. The monoisotopic (exact) mass is 263 g/mol. The zero-order chi connectivity index (χ0) is 13.9. The lowest BCUT2D eigenvalue weighted by Gasteiger charge is -2.15. The molecule has 0 bridgehead atoms. The third-order valence-electron chi connectivity index (χ3n) is 2.78. The van der Waals surface area contributed by atoms with Crippen LogP contribution in [0.1, 0.15) is 43.9 Å². The number of halogens is 4. The fourth-order valence-electron chi connectivity index (χ4n) is 1.67. The summed E-state index contributed by atoms with van der Waals surface area (Å²) in [4.78, 5) is 0. The Labute approximate surface area is 104 Å². The van der Waals surface area contributed by atoms with Gasteiger partial charge in [-0.15, -0.1) is 0 Å². The molecule has 1 nitrogen and oxygen atoms in total. The van der Waals surface area contributed by atoms with Crippen LogP contribution in [-0.2, 0) is 6.18 Å². The van der Waals surface area contributed by atoms with Crippen molar-refractivity contribution < 1.29 is 17.6 Å². The molecule has 0 heterocycles. The average molecular weight is 263 g/mol. The average Bonchev–Trinajstić information content (AvgIpc) is 2.23. The van der Waals surface area contributed by atoms with Crippen LogP contribution in [0, 0.1) is 11.7 Å². The molecule has 1 unspecified atom stereocenters. The van der Waals surface area contributed by atoms with Crippen molar-refractivity contribution in [1.82, 2.24) is 0 Å². The predicted molar refractivity (Wildman–Crippen MR) is 62.4 cm³/mol. The molecule has 0 aliphatic carbocycles. The summed E-state index contributed by atoms with van der Waals surface area (Å²) < 4.78 is 50.4. The van der Waals surface area contributed by atoms with Gasteiger partial charge in [0, 0.05) is 6.04 Å². The molecule has 0 amide bonds. The van der Waals surface area contributed by atoms with Gasteiger partial charge in [0.2, 0.25) is 0 Å². The molecule has 1 rings (SSSR count). The van der Waals surface area contributed by atoms with Crippen molar-refractivity contribution >= 4 is 0 Å². The summed E-state index contributed by atoms with van der Waals surface area (Å²) in [5.41, 5.74) is 4.98. The number of nitrogens with two attached hydrogens (primary N) is 1. The van der Waals surface area contributed by atoms with E-state index in [0.717, 1.165) is 18.6 Å². The molecule has 102 valence electrons. The Morgan fingerprint density at radius 2 is 1.78 bits per heavy atom. The quantitative estimate of drug-likeness (QED) is 0.806. The van der Waals surface area contributed by atoms with Crippen LogP contribution in [0.15, 0.2) is 18.2 Å². The number of hydrogen-bond acceptors (Lipinski definition) is 1. The first kappa shape index (κ1) is 15.0. The van der Waals surface area contributed by atoms with E-state index in [9.17, 15) is 17.6 Å². The highest BCUT2D eigenvalue weighted by atomic mass is 19.4. The first-order valence-corrected chi connectivity index (χ1v) is 5.84. The highest BCUT2D eigenvalue weighted by Gasteiger charge is 2.34. The van der Waals surface area contributed by atoms with E-state index in [1.807, 2.05) is 13.8 Å². The molecule has 1 aromatic rings. The molecule has 0 fully saturated rings. The molecule has 1 aromatic carbocycles. The standard InChI is InChI=1S/C13H17F4N/c1-8(2)3-6-12(18)9-4-5-10(11(14)7-9)13(15,16)17/h4-5,7-8,12H,3,6,18H2,1-2H3. The molecule has 2 N–H and O–H groups in total. The van der Waals surface area contributed by atoms with Gasteiger partial charge >= 0.3 is 6.18 Å². The Hall–Kier alpha value is -1.10. The van der Waals surface area contributed by atoms with Crippen LogP contribution >= 0.6 is 0 Å². The minimum absolute atomic E-state index is 0.404. The van der Waals surface area contributed by atoms with Crippen molar-refractivity contribution in [3.8, 4) is 0 Å². The fourth-order valence-corrected chi connectivity index (χ4v) is 1.67. The highest BCUT2D eigenvalue weighted by molar-refractivity contribution is 5.28. The molecule has 0 aliphatic heterocycles. The summed E-state index contributed by atoms with van der Waals surface area (Å²) in [7, 11) is 0. The van der Waals surface area contributed by atoms with Crippen LogP contribution in [0.2, 0.25) is 0 Å². The molecule has 1 atom stereocenters. The van der Waals surface area contributed by atoms with Crippen molar-refractivity contribution in [2.75, 3.05) is 0 Å². The van der Waals surface area contributed by atoms with Crippen LogP contribution in [-0.4, -0.2) is 0 Å². The lowest BCUT2D eigenvalue weighted by molar-refractivity contribution is -0.140. The lowest BCUT2D eigenvalue weighted by atomic mass is 9.97. The number of hydrogen-bond donors (Lipinski definition) is 1. The Balaban J connectivity index is 2.84. The van der Waals surface area contributed by atoms with E-state index in [4.69, 9.17) is 5.73 Å². The van der Waals surface area contributed by atoms with Gasteiger partial charge in [-0.2, -0.15) is 13.2 Å². The Morgan fingerprint density at radius 1 is 1.17 bits per heavy atom. The summed E-state index contributed by atoms with van der Waals surface area (Å²) in [6.45, 7) is 4.06. The van der Waals surface area contributed by atoms with E-state index in [-0.39, 0.29) is 0 Å². The smallest absolute Gasteiger partial charge is 0.324 e. The highest BCUT2D eigenvalue weighted by Crippen LogP contribution is 2.32. The van der Waals surface area contributed by atoms with E-state index < -0.39 is 23.6 Å². The van der Waals surface area contributed by atoms with Crippen LogP contribution in [0.5, 0.6) is 0 Å². The number of benzene rings is 1. The summed E-state index contributed by atoms with van der Waals surface area (Å²) in [6.07, 6.45) is -3.18. The Morgan fingerprint density at radius 3 is 2.22 bits per heavy atom. The van der Waals surface area contributed by atoms with Gasteiger partial charge in [0.05, 0.1) is 5.56 Å². The van der Waals surface area contributed by atoms with Gasteiger partial charge in [-0.25, -0.2) is 4.39 Å². The molecule has 0 aromatic heterocycles. The van der Waals surface area contributed by atoms with Crippen LogP contribution in [0.25, 0.3) is 0 Å². The predicted octanol–water partition coefficient (Wildman–Crippen LogP) is 4.28. The molecule has 0 saturated carbocycles. The zero-order valence-electron chi connectivity index (χ0n) is 10.4. The normalized spacial score (nSPS) is 14.0. The maximum absolute atomic E-state index is 13.3. The van der Waals surface area contributed by atoms with Crippen LogP contribution in [0.4, 0.5) is 17.6 Å². The topological polar surface area (TPSA) is 26.0 Å².